The number of hydrogen-bond donors (Lipinski definition) is 2. The first-order chi connectivity index (χ1) is 15.8. The van der Waals surface area contributed by atoms with Crippen LogP contribution in [0.2, 0.25) is 0 Å². The molecule has 1 aliphatic rings. The normalized spacial score (nSPS) is 15.7. The van der Waals surface area contributed by atoms with Crippen molar-refractivity contribution in [2.24, 2.45) is 7.05 Å². The second kappa shape index (κ2) is 9.62. The van der Waals surface area contributed by atoms with Gasteiger partial charge in [0.1, 0.15) is 5.75 Å². The average Bonchev–Trinajstić information content (AvgIpc) is 3.12. The van der Waals surface area contributed by atoms with Crippen molar-refractivity contribution in [2.45, 2.75) is 44.8 Å². The summed E-state index contributed by atoms with van der Waals surface area (Å²) in [6.07, 6.45) is 0.825. The van der Waals surface area contributed by atoms with Crippen molar-refractivity contribution < 1.29 is 22.7 Å². The van der Waals surface area contributed by atoms with Gasteiger partial charge >= 0.3 is 6.36 Å². The van der Waals surface area contributed by atoms with Crippen LogP contribution in [0, 0.1) is 0 Å². The fraction of sp³-hybridized carbons (Fsp3) is 0.348. The highest BCUT2D eigenvalue weighted by Crippen LogP contribution is 2.26. The molecule has 174 valence electrons. The number of pyridine rings is 1. The number of amides is 1. The molecule has 1 aliphatic carbocycles. The van der Waals surface area contributed by atoms with Crippen LogP contribution in [0.4, 0.5) is 13.2 Å². The van der Waals surface area contributed by atoms with Gasteiger partial charge in [-0.1, -0.05) is 12.1 Å². The van der Waals surface area contributed by atoms with Crippen molar-refractivity contribution in [1.29, 1.82) is 0 Å². The quantitative estimate of drug-likeness (QED) is 0.567. The van der Waals surface area contributed by atoms with Gasteiger partial charge in [-0.2, -0.15) is 5.10 Å². The SMILES string of the molecule is Cn1nc(C(=O)NCc2ccncc2)c2c1CCC(NCc1cccc(OC(F)(F)F)c1)C2. The third kappa shape index (κ3) is 5.89. The molecule has 1 unspecified atom stereocenters. The van der Waals surface area contributed by atoms with E-state index in [-0.39, 0.29) is 17.7 Å². The summed E-state index contributed by atoms with van der Waals surface area (Å²) in [5, 5.41) is 10.7. The molecule has 0 spiro atoms. The maximum absolute atomic E-state index is 12.8. The zero-order chi connectivity index (χ0) is 23.4. The largest absolute Gasteiger partial charge is 0.573 e. The Balaban J connectivity index is 1.39. The maximum atomic E-state index is 12.8. The number of nitrogens with zero attached hydrogens (tertiary/aromatic N) is 3. The van der Waals surface area contributed by atoms with Gasteiger partial charge in [-0.15, -0.1) is 13.2 Å². The first-order valence-corrected chi connectivity index (χ1v) is 10.6. The van der Waals surface area contributed by atoms with E-state index in [1.54, 1.807) is 23.1 Å². The van der Waals surface area contributed by atoms with Crippen LogP contribution in [0.5, 0.6) is 5.75 Å². The van der Waals surface area contributed by atoms with Gasteiger partial charge in [-0.25, -0.2) is 0 Å². The number of nitrogens with one attached hydrogen (secondary N) is 2. The van der Waals surface area contributed by atoms with Crippen molar-refractivity contribution in [2.75, 3.05) is 0 Å². The van der Waals surface area contributed by atoms with Gasteiger partial charge in [-0.3, -0.25) is 14.5 Å². The number of hydrogen-bond acceptors (Lipinski definition) is 5. The Morgan fingerprint density at radius 2 is 1.97 bits per heavy atom. The van der Waals surface area contributed by atoms with Crippen molar-refractivity contribution in [3.63, 3.8) is 0 Å². The Labute approximate surface area is 189 Å². The van der Waals surface area contributed by atoms with Crippen molar-refractivity contribution >= 4 is 5.91 Å². The standard InChI is InChI=1S/C23H24F3N5O2/c1-31-20-6-5-17(28-14-16-3-2-4-18(11-16)33-23(24,25)26)12-19(20)21(30-31)22(32)29-13-15-7-9-27-10-8-15/h2-4,7-11,17,28H,5-6,12-14H2,1H3,(H,29,32). The second-order valence-electron chi connectivity index (χ2n) is 7.95. The minimum Gasteiger partial charge on any atom is -0.406 e. The summed E-state index contributed by atoms with van der Waals surface area (Å²) < 4.78 is 43.1. The smallest absolute Gasteiger partial charge is 0.406 e. The first kappa shape index (κ1) is 22.8. The molecule has 1 atom stereocenters. The summed E-state index contributed by atoms with van der Waals surface area (Å²) in [6, 6.07) is 9.66. The number of aromatic nitrogens is 3. The fourth-order valence-electron chi connectivity index (χ4n) is 4.03. The highest BCUT2D eigenvalue weighted by molar-refractivity contribution is 5.94. The number of benzene rings is 1. The number of carbonyl (C=O) groups excluding carboxylic acids is 1. The lowest BCUT2D eigenvalue weighted by molar-refractivity contribution is -0.274. The third-order valence-electron chi connectivity index (χ3n) is 5.60. The first-order valence-electron chi connectivity index (χ1n) is 10.6. The lowest BCUT2D eigenvalue weighted by Crippen LogP contribution is -2.35. The molecule has 4 rings (SSSR count). The number of carbonyl (C=O) groups is 1. The van der Waals surface area contributed by atoms with E-state index in [4.69, 9.17) is 0 Å². The summed E-state index contributed by atoms with van der Waals surface area (Å²) in [4.78, 5) is 16.8. The van der Waals surface area contributed by atoms with Crippen LogP contribution in [0.1, 0.15) is 39.3 Å². The second-order valence-corrected chi connectivity index (χ2v) is 7.95. The molecular formula is C23H24F3N5O2. The molecule has 1 aromatic carbocycles. The van der Waals surface area contributed by atoms with E-state index in [2.05, 4.69) is 25.5 Å². The van der Waals surface area contributed by atoms with Gasteiger partial charge in [0.2, 0.25) is 0 Å². The molecular weight excluding hydrogens is 435 g/mol. The molecule has 1 amide bonds. The van der Waals surface area contributed by atoms with Crippen molar-refractivity contribution in [3.8, 4) is 5.75 Å². The molecule has 7 nitrogen and oxygen atoms in total. The van der Waals surface area contributed by atoms with Crippen LogP contribution in [-0.4, -0.2) is 33.1 Å². The fourth-order valence-corrected chi connectivity index (χ4v) is 4.03. The monoisotopic (exact) mass is 459 g/mol. The molecule has 2 heterocycles. The Morgan fingerprint density at radius 1 is 1.18 bits per heavy atom. The van der Waals surface area contributed by atoms with Crippen molar-refractivity contribution in [3.05, 3.63) is 76.9 Å². The van der Waals surface area contributed by atoms with Crippen molar-refractivity contribution in [1.82, 2.24) is 25.4 Å². The van der Waals surface area contributed by atoms with E-state index in [1.807, 2.05) is 19.2 Å². The average molecular weight is 459 g/mol. The lowest BCUT2D eigenvalue weighted by Gasteiger charge is -2.24. The lowest BCUT2D eigenvalue weighted by atomic mass is 9.91. The molecule has 0 fully saturated rings. The summed E-state index contributed by atoms with van der Waals surface area (Å²) >= 11 is 0. The van der Waals surface area contributed by atoms with E-state index in [0.29, 0.717) is 30.8 Å². The van der Waals surface area contributed by atoms with Gasteiger partial charge in [-0.05, 0) is 54.7 Å². The van der Waals surface area contributed by atoms with Crippen LogP contribution in [0.15, 0.2) is 48.8 Å². The van der Waals surface area contributed by atoms with Gasteiger partial charge in [0.25, 0.3) is 5.91 Å². The summed E-state index contributed by atoms with van der Waals surface area (Å²) in [6.45, 7) is 0.767. The predicted molar refractivity (Wildman–Crippen MR) is 114 cm³/mol. The molecule has 0 radical (unpaired) electrons. The topological polar surface area (TPSA) is 81.1 Å². The van der Waals surface area contributed by atoms with Crippen LogP contribution < -0.4 is 15.4 Å². The number of alkyl halides is 3. The molecule has 3 aromatic rings. The Kier molecular flexibility index (Phi) is 6.64. The summed E-state index contributed by atoms with van der Waals surface area (Å²) in [7, 11) is 1.83. The number of ether oxygens (including phenoxy) is 1. The number of rotatable bonds is 7. The molecule has 0 bridgehead atoms. The van der Waals surface area contributed by atoms with Gasteiger partial charge in [0.15, 0.2) is 5.69 Å². The van der Waals surface area contributed by atoms with E-state index in [9.17, 15) is 18.0 Å². The number of halogens is 3. The van der Waals surface area contributed by atoms with Gasteiger partial charge < -0.3 is 15.4 Å². The maximum Gasteiger partial charge on any atom is 0.573 e. The van der Waals surface area contributed by atoms with E-state index in [0.717, 1.165) is 29.7 Å². The van der Waals surface area contributed by atoms with Gasteiger partial charge in [0.05, 0.1) is 0 Å². The highest BCUT2D eigenvalue weighted by Gasteiger charge is 2.31. The molecule has 2 aromatic heterocycles. The molecule has 0 aliphatic heterocycles. The van der Waals surface area contributed by atoms with Crippen LogP contribution in [0.3, 0.4) is 0 Å². The minimum atomic E-state index is -4.72. The number of fused-ring (bicyclic) bond motifs is 1. The van der Waals surface area contributed by atoms with Gasteiger partial charge in [0, 0.05) is 49.8 Å². The van der Waals surface area contributed by atoms with Crippen LogP contribution in [-0.2, 0) is 33.0 Å². The Hall–Kier alpha value is -3.40. The van der Waals surface area contributed by atoms with Crippen LogP contribution in [0.25, 0.3) is 0 Å². The third-order valence-corrected chi connectivity index (χ3v) is 5.60. The molecule has 2 N–H and O–H groups in total. The minimum absolute atomic E-state index is 0.0700. The van der Waals surface area contributed by atoms with E-state index < -0.39 is 6.36 Å². The Bertz CT molecular complexity index is 1120. The van der Waals surface area contributed by atoms with E-state index >= 15 is 0 Å². The van der Waals surface area contributed by atoms with E-state index in [1.165, 1.54) is 18.2 Å². The molecule has 33 heavy (non-hydrogen) atoms. The van der Waals surface area contributed by atoms with Crippen LogP contribution >= 0.6 is 0 Å². The summed E-state index contributed by atoms with van der Waals surface area (Å²) in [5.41, 5.74) is 3.97. The molecule has 0 saturated carbocycles. The molecule has 0 saturated heterocycles. The predicted octanol–water partition coefficient (Wildman–Crippen LogP) is 3.29. The Morgan fingerprint density at radius 3 is 2.73 bits per heavy atom. The molecule has 10 heteroatoms. The zero-order valence-corrected chi connectivity index (χ0v) is 18.0. The highest BCUT2D eigenvalue weighted by atomic mass is 19.4. The number of aryl methyl sites for hydroxylation is 1. The summed E-state index contributed by atoms with van der Waals surface area (Å²) in [5.74, 6) is -0.477. The zero-order valence-electron chi connectivity index (χ0n) is 18.0.